The Labute approximate surface area is 183 Å². The van der Waals surface area contributed by atoms with Gasteiger partial charge >= 0.3 is 12.1 Å². The molecule has 0 aliphatic carbocycles. The maximum atomic E-state index is 13.1. The van der Waals surface area contributed by atoms with Gasteiger partial charge in [-0.3, -0.25) is 9.59 Å². The predicted octanol–water partition coefficient (Wildman–Crippen LogP) is 4.71. The second-order valence-corrected chi connectivity index (χ2v) is 7.13. The Bertz CT molecular complexity index is 1030. The molecule has 0 saturated heterocycles. The maximum absolute atomic E-state index is 13.1. The van der Waals surface area contributed by atoms with Gasteiger partial charge in [0.05, 0.1) is 7.11 Å². The molecule has 3 rings (SSSR count). The molecule has 2 aromatic carbocycles. The number of alkyl halides is 3. The Morgan fingerprint density at radius 3 is 2.50 bits per heavy atom. The summed E-state index contributed by atoms with van der Waals surface area (Å²) in [6.45, 7) is -0.231. The highest BCUT2D eigenvalue weighted by Crippen LogP contribution is 2.33. The minimum Gasteiger partial charge on any atom is -0.493 e. The lowest BCUT2D eigenvalue weighted by molar-refractivity contribution is -0.186. The van der Waals surface area contributed by atoms with E-state index in [0.29, 0.717) is 22.6 Å². The molecule has 0 fully saturated rings. The average Bonchev–Trinajstić information content (AvgIpc) is 2.81. The standard InChI is InChI=1S/C24H22F3NO4/c1-31-21-14-19-15-28(23(30)24(25,26)27)12-6-5-9-20(29)11-10-18(19)13-22(21)32-16-17-7-3-2-4-8-17/h2-5,7-11,13-14H,6,12,15-16H2,1H3/b9-5-,11-10-. The van der Waals surface area contributed by atoms with Gasteiger partial charge in [0.2, 0.25) is 0 Å². The molecule has 0 spiro atoms. The molecule has 0 N–H and O–H groups in total. The Morgan fingerprint density at radius 2 is 1.81 bits per heavy atom. The fourth-order valence-electron chi connectivity index (χ4n) is 3.21. The lowest BCUT2D eigenvalue weighted by Gasteiger charge is -2.25. The van der Waals surface area contributed by atoms with Crippen LogP contribution in [0.25, 0.3) is 6.08 Å². The average molecular weight is 445 g/mol. The maximum Gasteiger partial charge on any atom is 0.471 e. The molecule has 5 nitrogen and oxygen atoms in total. The van der Waals surface area contributed by atoms with Crippen LogP contribution in [0.4, 0.5) is 13.2 Å². The van der Waals surface area contributed by atoms with Crippen LogP contribution < -0.4 is 9.47 Å². The number of ether oxygens (including phenoxy) is 2. The molecular weight excluding hydrogens is 423 g/mol. The summed E-state index contributed by atoms with van der Waals surface area (Å²) >= 11 is 0. The van der Waals surface area contributed by atoms with E-state index in [2.05, 4.69) is 0 Å². The van der Waals surface area contributed by atoms with Crippen LogP contribution in [0.1, 0.15) is 23.1 Å². The van der Waals surface area contributed by atoms with E-state index < -0.39 is 12.1 Å². The summed E-state index contributed by atoms with van der Waals surface area (Å²) in [4.78, 5) is 24.7. The molecule has 1 aliphatic heterocycles. The summed E-state index contributed by atoms with van der Waals surface area (Å²) in [5, 5.41) is 0. The number of methoxy groups -OCH3 is 1. The minimum absolute atomic E-state index is 0.117. The summed E-state index contributed by atoms with van der Waals surface area (Å²) in [6, 6.07) is 12.5. The Kier molecular flexibility index (Phi) is 7.35. The Balaban J connectivity index is 1.99. The van der Waals surface area contributed by atoms with Crippen molar-refractivity contribution >= 4 is 17.8 Å². The molecule has 32 heavy (non-hydrogen) atoms. The molecule has 168 valence electrons. The monoisotopic (exact) mass is 445 g/mol. The smallest absolute Gasteiger partial charge is 0.471 e. The van der Waals surface area contributed by atoms with Crippen molar-refractivity contribution in [3.8, 4) is 11.5 Å². The SMILES string of the molecule is COc1cc2c(cc1OCc1ccccc1)/C=C\C(=O)/C=C\CCN(C(=O)C(F)(F)F)C2. The number of rotatable bonds is 4. The minimum atomic E-state index is -5.00. The van der Waals surface area contributed by atoms with Crippen molar-refractivity contribution < 1.29 is 32.2 Å². The van der Waals surface area contributed by atoms with Gasteiger partial charge in [-0.1, -0.05) is 42.5 Å². The van der Waals surface area contributed by atoms with Crippen molar-refractivity contribution in [3.05, 3.63) is 77.4 Å². The third-order valence-electron chi connectivity index (χ3n) is 4.83. The van der Waals surface area contributed by atoms with Gasteiger partial charge in [0, 0.05) is 13.1 Å². The van der Waals surface area contributed by atoms with E-state index in [9.17, 15) is 22.8 Å². The van der Waals surface area contributed by atoms with E-state index in [4.69, 9.17) is 9.47 Å². The number of fused-ring (bicyclic) bond motifs is 1. The summed E-state index contributed by atoms with van der Waals surface area (Å²) in [5.41, 5.74) is 1.78. The second kappa shape index (κ2) is 10.2. The first-order valence-electron chi connectivity index (χ1n) is 9.90. The number of halogens is 3. The van der Waals surface area contributed by atoms with Gasteiger partial charge in [-0.05, 0) is 47.4 Å². The molecule has 8 heteroatoms. The zero-order valence-corrected chi connectivity index (χ0v) is 17.4. The molecule has 0 saturated carbocycles. The molecular formula is C24H22F3NO4. The quantitative estimate of drug-likeness (QED) is 0.684. The van der Waals surface area contributed by atoms with Crippen LogP contribution in [0, 0.1) is 0 Å². The van der Waals surface area contributed by atoms with Crippen LogP contribution in [0.3, 0.4) is 0 Å². The third-order valence-corrected chi connectivity index (χ3v) is 4.83. The number of benzene rings is 2. The van der Waals surface area contributed by atoms with E-state index in [1.165, 1.54) is 37.5 Å². The zero-order chi connectivity index (χ0) is 23.1. The molecule has 0 atom stereocenters. The van der Waals surface area contributed by atoms with Crippen molar-refractivity contribution in [2.75, 3.05) is 13.7 Å². The number of hydrogen-bond acceptors (Lipinski definition) is 4. The van der Waals surface area contributed by atoms with Gasteiger partial charge in [-0.2, -0.15) is 13.2 Å². The number of nitrogens with zero attached hydrogens (tertiary/aromatic N) is 1. The number of allylic oxidation sites excluding steroid dienone is 2. The summed E-state index contributed by atoms with van der Waals surface area (Å²) in [7, 11) is 1.42. The van der Waals surface area contributed by atoms with Crippen LogP contribution in [0.5, 0.6) is 11.5 Å². The molecule has 1 amide bonds. The molecule has 1 heterocycles. The van der Waals surface area contributed by atoms with Crippen LogP contribution in [0.15, 0.2) is 60.7 Å². The fraction of sp³-hybridized carbons (Fsp3) is 0.250. The van der Waals surface area contributed by atoms with E-state index in [1.54, 1.807) is 6.07 Å². The highest BCUT2D eigenvalue weighted by molar-refractivity contribution is 6.02. The molecule has 1 aliphatic rings. The lowest BCUT2D eigenvalue weighted by atomic mass is 10.0. The van der Waals surface area contributed by atoms with E-state index in [1.807, 2.05) is 30.3 Å². The van der Waals surface area contributed by atoms with Crippen LogP contribution >= 0.6 is 0 Å². The third kappa shape index (κ3) is 6.00. The number of carbonyl (C=O) groups excluding carboxylic acids is 2. The van der Waals surface area contributed by atoms with Crippen molar-refractivity contribution in [2.24, 2.45) is 0 Å². The Hall–Kier alpha value is -3.55. The van der Waals surface area contributed by atoms with Gasteiger partial charge in [0.25, 0.3) is 0 Å². The topological polar surface area (TPSA) is 55.8 Å². The summed E-state index contributed by atoms with van der Waals surface area (Å²) in [6.07, 6.45) is 0.662. The predicted molar refractivity (Wildman–Crippen MR) is 113 cm³/mol. The molecule has 0 unspecified atom stereocenters. The number of ketones is 1. The largest absolute Gasteiger partial charge is 0.493 e. The van der Waals surface area contributed by atoms with Crippen LogP contribution in [-0.2, 0) is 22.7 Å². The van der Waals surface area contributed by atoms with Gasteiger partial charge in [-0.25, -0.2) is 0 Å². The van der Waals surface area contributed by atoms with E-state index >= 15 is 0 Å². The first-order valence-corrected chi connectivity index (χ1v) is 9.90. The Morgan fingerprint density at radius 1 is 1.06 bits per heavy atom. The first kappa shape index (κ1) is 23.1. The van der Waals surface area contributed by atoms with Gasteiger partial charge in [0.1, 0.15) is 6.61 Å². The number of carbonyl (C=O) groups is 2. The van der Waals surface area contributed by atoms with Gasteiger partial charge in [0.15, 0.2) is 17.3 Å². The second-order valence-electron chi connectivity index (χ2n) is 7.13. The van der Waals surface area contributed by atoms with Crippen molar-refractivity contribution in [3.63, 3.8) is 0 Å². The highest BCUT2D eigenvalue weighted by atomic mass is 19.4. The zero-order valence-electron chi connectivity index (χ0n) is 17.4. The van der Waals surface area contributed by atoms with Crippen LogP contribution in [-0.4, -0.2) is 36.4 Å². The van der Waals surface area contributed by atoms with Crippen LogP contribution in [0.2, 0.25) is 0 Å². The fourth-order valence-corrected chi connectivity index (χ4v) is 3.21. The molecule has 0 aromatic heterocycles. The van der Waals surface area contributed by atoms with E-state index in [-0.39, 0.29) is 31.9 Å². The first-order chi connectivity index (χ1) is 15.3. The summed E-state index contributed by atoms with van der Waals surface area (Å²) < 4.78 is 50.6. The summed E-state index contributed by atoms with van der Waals surface area (Å²) in [5.74, 6) is -1.57. The van der Waals surface area contributed by atoms with Crippen molar-refractivity contribution in [2.45, 2.75) is 25.7 Å². The molecule has 2 aromatic rings. The molecule has 0 bridgehead atoms. The number of hydrogen-bond donors (Lipinski definition) is 0. The highest BCUT2D eigenvalue weighted by Gasteiger charge is 2.42. The number of amides is 1. The van der Waals surface area contributed by atoms with Gasteiger partial charge < -0.3 is 14.4 Å². The van der Waals surface area contributed by atoms with E-state index in [0.717, 1.165) is 10.5 Å². The molecule has 0 radical (unpaired) electrons. The van der Waals surface area contributed by atoms with Crippen molar-refractivity contribution in [1.82, 2.24) is 4.90 Å². The lowest BCUT2D eigenvalue weighted by Crippen LogP contribution is -2.41. The van der Waals surface area contributed by atoms with Gasteiger partial charge in [-0.15, -0.1) is 0 Å². The normalized spacial score (nSPS) is 16.5. The van der Waals surface area contributed by atoms with Crippen molar-refractivity contribution in [1.29, 1.82) is 0 Å².